The average molecular weight is 332 g/mol. The van der Waals surface area contributed by atoms with Gasteiger partial charge >= 0.3 is 5.97 Å². The number of ether oxygens (including phenoxy) is 2. The van der Waals surface area contributed by atoms with Crippen LogP contribution in [0.4, 0.5) is 0 Å². The zero-order valence-corrected chi connectivity index (χ0v) is 13.8. The van der Waals surface area contributed by atoms with Gasteiger partial charge in [-0.15, -0.1) is 0 Å². The number of hydrogen-bond acceptors (Lipinski definition) is 5. The van der Waals surface area contributed by atoms with E-state index in [1.54, 1.807) is 32.9 Å². The van der Waals surface area contributed by atoms with Crippen molar-refractivity contribution in [1.29, 1.82) is 5.26 Å². The van der Waals surface area contributed by atoms with Crippen molar-refractivity contribution in [3.8, 4) is 17.6 Å². The molecule has 0 bridgehead atoms. The van der Waals surface area contributed by atoms with E-state index in [2.05, 4.69) is 5.32 Å². The number of carbonyl (C=O) groups excluding carboxylic acids is 1. The van der Waals surface area contributed by atoms with E-state index in [1.165, 1.54) is 12.1 Å². The molecular weight excluding hydrogens is 312 g/mol. The zero-order chi connectivity index (χ0) is 18.1. The normalized spacial score (nSPS) is 10.9. The molecule has 7 heteroatoms. The lowest BCUT2D eigenvalue weighted by atomic mass is 10.1. The van der Waals surface area contributed by atoms with Crippen LogP contribution in [-0.4, -0.2) is 36.2 Å². The van der Waals surface area contributed by atoms with E-state index in [4.69, 9.17) is 19.8 Å². The van der Waals surface area contributed by atoms with E-state index in [0.29, 0.717) is 17.9 Å². The van der Waals surface area contributed by atoms with E-state index >= 15 is 0 Å². The molecule has 0 aliphatic carbocycles. The van der Waals surface area contributed by atoms with Gasteiger partial charge in [-0.3, -0.25) is 4.79 Å². The van der Waals surface area contributed by atoms with Gasteiger partial charge in [0.25, 0.3) is 5.91 Å². The van der Waals surface area contributed by atoms with Gasteiger partial charge in [0.1, 0.15) is 11.6 Å². The summed E-state index contributed by atoms with van der Waals surface area (Å²) in [7, 11) is 0. The Labute approximate surface area is 140 Å². The molecule has 0 saturated carbocycles. The van der Waals surface area contributed by atoms with Crippen molar-refractivity contribution in [3.05, 3.63) is 29.3 Å². The van der Waals surface area contributed by atoms with E-state index < -0.39 is 18.5 Å². The van der Waals surface area contributed by atoms with Crippen molar-refractivity contribution in [2.24, 2.45) is 0 Å². The van der Waals surface area contributed by atoms with Crippen LogP contribution in [0.3, 0.4) is 0 Å². The predicted octanol–water partition coefficient (Wildman–Crippen LogP) is 1.98. The third kappa shape index (κ3) is 6.01. The van der Waals surface area contributed by atoms with Gasteiger partial charge in [0.2, 0.25) is 0 Å². The van der Waals surface area contributed by atoms with Gasteiger partial charge in [0, 0.05) is 6.04 Å². The number of amides is 1. The van der Waals surface area contributed by atoms with Crippen LogP contribution in [0.5, 0.6) is 11.5 Å². The van der Waals surface area contributed by atoms with Gasteiger partial charge in [0.05, 0.1) is 6.61 Å². The highest BCUT2D eigenvalue weighted by atomic mass is 16.5. The number of carboxylic acid groups (broad SMARTS) is 1. The maximum absolute atomic E-state index is 11.9. The molecule has 0 atom stereocenters. The molecule has 7 nitrogen and oxygen atoms in total. The lowest BCUT2D eigenvalue weighted by Crippen LogP contribution is -2.30. The number of carboxylic acids is 1. The minimum Gasteiger partial charge on any atom is -0.490 e. The van der Waals surface area contributed by atoms with Crippen LogP contribution in [0, 0.1) is 11.3 Å². The highest BCUT2D eigenvalue weighted by Crippen LogP contribution is 2.29. The third-order valence-corrected chi connectivity index (χ3v) is 2.71. The topological polar surface area (TPSA) is 109 Å². The van der Waals surface area contributed by atoms with Crippen molar-refractivity contribution in [1.82, 2.24) is 5.32 Å². The second-order valence-electron chi connectivity index (χ2n) is 5.12. The molecule has 2 N–H and O–H groups in total. The Morgan fingerprint density at radius 2 is 2.04 bits per heavy atom. The van der Waals surface area contributed by atoms with Crippen LogP contribution in [0.15, 0.2) is 23.8 Å². The van der Waals surface area contributed by atoms with Crippen molar-refractivity contribution in [2.75, 3.05) is 13.2 Å². The molecule has 1 rings (SSSR count). The van der Waals surface area contributed by atoms with Gasteiger partial charge in [-0.05, 0) is 44.5 Å². The molecule has 0 saturated heterocycles. The summed E-state index contributed by atoms with van der Waals surface area (Å²) in [5.41, 5.74) is 0.530. The van der Waals surface area contributed by atoms with Gasteiger partial charge < -0.3 is 19.9 Å². The van der Waals surface area contributed by atoms with Gasteiger partial charge in [-0.25, -0.2) is 4.79 Å². The maximum atomic E-state index is 11.9. The minimum atomic E-state index is -1.10. The van der Waals surface area contributed by atoms with Crippen LogP contribution >= 0.6 is 0 Å². The Bertz CT molecular complexity index is 674. The summed E-state index contributed by atoms with van der Waals surface area (Å²) in [6.45, 7) is 5.24. The number of nitrogens with zero attached hydrogens (tertiary/aromatic N) is 1. The average Bonchev–Trinajstić information content (AvgIpc) is 2.51. The summed E-state index contributed by atoms with van der Waals surface area (Å²) < 4.78 is 10.6. The molecule has 1 amide bonds. The second-order valence-corrected chi connectivity index (χ2v) is 5.12. The first-order valence-corrected chi connectivity index (χ1v) is 7.41. The van der Waals surface area contributed by atoms with Crippen LogP contribution in [0.25, 0.3) is 6.08 Å². The zero-order valence-electron chi connectivity index (χ0n) is 13.8. The fourth-order valence-electron chi connectivity index (χ4n) is 1.80. The smallest absolute Gasteiger partial charge is 0.341 e. The number of rotatable bonds is 8. The molecule has 24 heavy (non-hydrogen) atoms. The number of hydrogen-bond donors (Lipinski definition) is 2. The largest absolute Gasteiger partial charge is 0.490 e. The van der Waals surface area contributed by atoms with Gasteiger partial charge in [-0.1, -0.05) is 6.07 Å². The summed E-state index contributed by atoms with van der Waals surface area (Å²) in [5, 5.41) is 20.5. The molecule has 0 spiro atoms. The Morgan fingerprint density at radius 1 is 1.33 bits per heavy atom. The van der Waals surface area contributed by atoms with Crippen LogP contribution in [-0.2, 0) is 9.59 Å². The molecule has 0 radical (unpaired) electrons. The molecule has 128 valence electrons. The van der Waals surface area contributed by atoms with Crippen LogP contribution < -0.4 is 14.8 Å². The molecule has 1 aromatic rings. The summed E-state index contributed by atoms with van der Waals surface area (Å²) >= 11 is 0. The highest BCUT2D eigenvalue weighted by molar-refractivity contribution is 6.01. The number of benzene rings is 1. The minimum absolute atomic E-state index is 0.0367. The molecule has 0 unspecified atom stereocenters. The van der Waals surface area contributed by atoms with E-state index in [0.717, 1.165) is 0 Å². The molecule has 0 aliphatic rings. The number of carbonyl (C=O) groups is 2. The Balaban J connectivity index is 3.09. The van der Waals surface area contributed by atoms with E-state index in [9.17, 15) is 9.59 Å². The third-order valence-electron chi connectivity index (χ3n) is 2.71. The Hall–Kier alpha value is -3.01. The van der Waals surface area contributed by atoms with Crippen molar-refractivity contribution < 1.29 is 24.2 Å². The van der Waals surface area contributed by atoms with Gasteiger partial charge in [-0.2, -0.15) is 5.26 Å². The van der Waals surface area contributed by atoms with E-state index in [-0.39, 0.29) is 17.4 Å². The monoisotopic (exact) mass is 332 g/mol. The Morgan fingerprint density at radius 3 is 2.58 bits per heavy atom. The first kappa shape index (κ1) is 19.0. The van der Waals surface area contributed by atoms with Crippen LogP contribution in [0.1, 0.15) is 26.3 Å². The molecule has 0 heterocycles. The Kier molecular flexibility index (Phi) is 7.30. The molecule has 0 aromatic heterocycles. The lowest BCUT2D eigenvalue weighted by Gasteiger charge is -2.11. The van der Waals surface area contributed by atoms with E-state index in [1.807, 2.05) is 6.07 Å². The summed E-state index contributed by atoms with van der Waals surface area (Å²) in [6.07, 6.45) is 1.43. The van der Waals surface area contributed by atoms with Crippen molar-refractivity contribution in [3.63, 3.8) is 0 Å². The quantitative estimate of drug-likeness (QED) is 0.556. The molecule has 0 aliphatic heterocycles. The standard InChI is InChI=1S/C17H20N2O5/c1-4-23-15-8-12(5-6-14(15)24-10-16(20)21)7-13(9-18)17(22)19-11(2)3/h5-8,11H,4,10H2,1-3H3,(H,19,22)(H,20,21). The first-order valence-electron chi connectivity index (χ1n) is 7.41. The fourth-order valence-corrected chi connectivity index (χ4v) is 1.80. The molecule has 1 aromatic carbocycles. The lowest BCUT2D eigenvalue weighted by molar-refractivity contribution is -0.139. The highest BCUT2D eigenvalue weighted by Gasteiger charge is 2.12. The number of nitrogens with one attached hydrogen (secondary N) is 1. The second kappa shape index (κ2) is 9.20. The first-order chi connectivity index (χ1) is 11.4. The van der Waals surface area contributed by atoms with Crippen LogP contribution in [0.2, 0.25) is 0 Å². The SMILES string of the molecule is CCOc1cc(C=C(C#N)C(=O)NC(C)C)ccc1OCC(=O)O. The molecular formula is C17H20N2O5. The predicted molar refractivity (Wildman–Crippen MR) is 87.6 cm³/mol. The number of aliphatic carboxylic acids is 1. The maximum Gasteiger partial charge on any atom is 0.341 e. The molecule has 0 fully saturated rings. The summed E-state index contributed by atoms with van der Waals surface area (Å²) in [5.74, 6) is -0.939. The number of nitriles is 1. The fraction of sp³-hybridized carbons (Fsp3) is 0.353. The summed E-state index contributed by atoms with van der Waals surface area (Å²) in [4.78, 5) is 22.5. The van der Waals surface area contributed by atoms with Crippen molar-refractivity contribution >= 4 is 18.0 Å². The van der Waals surface area contributed by atoms with Gasteiger partial charge in [0.15, 0.2) is 18.1 Å². The van der Waals surface area contributed by atoms with Crippen molar-refractivity contribution in [2.45, 2.75) is 26.8 Å². The summed E-state index contributed by atoms with van der Waals surface area (Å²) in [6, 6.07) is 6.51.